The second-order valence-electron chi connectivity index (χ2n) is 4.15. The fraction of sp³-hybridized carbons (Fsp3) is 0.357. The number of rotatable bonds is 4. The number of carbonyl (C=O) groups is 1. The van der Waals surface area contributed by atoms with Crippen molar-refractivity contribution in [3.63, 3.8) is 0 Å². The third kappa shape index (κ3) is 3.96. The molecule has 1 aromatic rings. The molecule has 1 aliphatic rings. The molecular formula is C14H15FO3. The Morgan fingerprint density at radius 1 is 1.44 bits per heavy atom. The number of carbonyl (C=O) groups excluding carboxylic acids is 1. The molecule has 0 aromatic heterocycles. The average molecular weight is 250 g/mol. The lowest BCUT2D eigenvalue weighted by Gasteiger charge is -2.08. The minimum Gasteiger partial charge on any atom is -0.460 e. The summed E-state index contributed by atoms with van der Waals surface area (Å²) in [6.07, 6.45) is 4.93. The Hall–Kier alpha value is -1.68. The maximum Gasteiger partial charge on any atom is 0.330 e. The van der Waals surface area contributed by atoms with Crippen molar-refractivity contribution in [1.29, 1.82) is 0 Å². The molecule has 3 nitrogen and oxygen atoms in total. The van der Waals surface area contributed by atoms with Crippen LogP contribution in [-0.4, -0.2) is 25.3 Å². The van der Waals surface area contributed by atoms with Crippen LogP contribution >= 0.6 is 0 Å². The SMILES string of the molecule is O=C(/C=C/c1ccc(F)cc1)OCC1CCCO1. The maximum atomic E-state index is 12.6. The highest BCUT2D eigenvalue weighted by atomic mass is 19.1. The van der Waals surface area contributed by atoms with Crippen LogP contribution in [0.4, 0.5) is 4.39 Å². The molecule has 0 bridgehead atoms. The number of halogens is 1. The fourth-order valence-electron chi connectivity index (χ4n) is 1.74. The molecule has 1 unspecified atom stereocenters. The average Bonchev–Trinajstić information content (AvgIpc) is 2.89. The van der Waals surface area contributed by atoms with Gasteiger partial charge in [0.05, 0.1) is 6.10 Å². The van der Waals surface area contributed by atoms with Crippen molar-refractivity contribution >= 4 is 12.0 Å². The highest BCUT2D eigenvalue weighted by Gasteiger charge is 2.16. The number of hydrogen-bond acceptors (Lipinski definition) is 3. The first-order valence-corrected chi connectivity index (χ1v) is 5.96. The van der Waals surface area contributed by atoms with Gasteiger partial charge in [0.15, 0.2) is 0 Å². The van der Waals surface area contributed by atoms with Gasteiger partial charge >= 0.3 is 5.97 Å². The van der Waals surface area contributed by atoms with E-state index in [1.54, 1.807) is 18.2 Å². The molecular weight excluding hydrogens is 235 g/mol. The van der Waals surface area contributed by atoms with Gasteiger partial charge < -0.3 is 9.47 Å². The van der Waals surface area contributed by atoms with Gasteiger partial charge in [0.25, 0.3) is 0 Å². The predicted molar refractivity (Wildman–Crippen MR) is 65.4 cm³/mol. The molecule has 0 spiro atoms. The molecule has 18 heavy (non-hydrogen) atoms. The van der Waals surface area contributed by atoms with Gasteiger partial charge in [-0.3, -0.25) is 0 Å². The molecule has 1 atom stereocenters. The quantitative estimate of drug-likeness (QED) is 0.608. The summed E-state index contributed by atoms with van der Waals surface area (Å²) in [5.41, 5.74) is 0.755. The number of ether oxygens (including phenoxy) is 2. The fourth-order valence-corrected chi connectivity index (χ4v) is 1.74. The zero-order valence-electron chi connectivity index (χ0n) is 9.97. The Kier molecular flexibility index (Phi) is 4.47. The van der Waals surface area contributed by atoms with Crippen LogP contribution in [0.25, 0.3) is 6.08 Å². The van der Waals surface area contributed by atoms with E-state index in [1.165, 1.54) is 18.2 Å². The molecule has 1 saturated heterocycles. The molecule has 4 heteroatoms. The Morgan fingerprint density at radius 3 is 2.89 bits per heavy atom. The van der Waals surface area contributed by atoms with Gasteiger partial charge in [-0.1, -0.05) is 12.1 Å². The summed E-state index contributed by atoms with van der Waals surface area (Å²) < 4.78 is 23.0. The molecule has 0 radical (unpaired) electrons. The van der Waals surface area contributed by atoms with Crippen molar-refractivity contribution in [3.8, 4) is 0 Å². The molecule has 2 rings (SSSR count). The van der Waals surface area contributed by atoms with E-state index >= 15 is 0 Å². The summed E-state index contributed by atoms with van der Waals surface area (Å²) in [5, 5.41) is 0. The van der Waals surface area contributed by atoms with E-state index in [2.05, 4.69) is 0 Å². The topological polar surface area (TPSA) is 35.5 Å². The Labute approximate surface area is 105 Å². The highest BCUT2D eigenvalue weighted by molar-refractivity contribution is 5.87. The monoisotopic (exact) mass is 250 g/mol. The molecule has 1 heterocycles. The van der Waals surface area contributed by atoms with E-state index in [-0.39, 0.29) is 11.9 Å². The number of benzene rings is 1. The normalized spacial score (nSPS) is 19.3. The lowest BCUT2D eigenvalue weighted by atomic mass is 10.2. The van der Waals surface area contributed by atoms with Crippen LogP contribution in [0.1, 0.15) is 18.4 Å². The number of hydrogen-bond donors (Lipinski definition) is 0. The van der Waals surface area contributed by atoms with Crippen molar-refractivity contribution < 1.29 is 18.7 Å². The van der Waals surface area contributed by atoms with Gasteiger partial charge in [-0.05, 0) is 36.6 Å². The zero-order chi connectivity index (χ0) is 12.8. The van der Waals surface area contributed by atoms with Gasteiger partial charge in [-0.2, -0.15) is 0 Å². The first kappa shape index (κ1) is 12.8. The van der Waals surface area contributed by atoms with E-state index in [1.807, 2.05) is 0 Å². The summed E-state index contributed by atoms with van der Waals surface area (Å²) in [4.78, 5) is 11.4. The van der Waals surface area contributed by atoms with Crippen LogP contribution < -0.4 is 0 Å². The summed E-state index contributed by atoms with van der Waals surface area (Å²) in [6.45, 7) is 1.04. The molecule has 0 saturated carbocycles. The Balaban J connectivity index is 1.77. The predicted octanol–water partition coefficient (Wildman–Crippen LogP) is 2.56. The van der Waals surface area contributed by atoms with Crippen molar-refractivity contribution in [2.24, 2.45) is 0 Å². The van der Waals surface area contributed by atoms with E-state index < -0.39 is 5.97 Å². The van der Waals surface area contributed by atoms with Gasteiger partial charge in [0.1, 0.15) is 12.4 Å². The Bertz CT molecular complexity index is 419. The van der Waals surface area contributed by atoms with Gasteiger partial charge in [-0.25, -0.2) is 9.18 Å². The summed E-state index contributed by atoms with van der Waals surface area (Å²) in [5.74, 6) is -0.706. The second kappa shape index (κ2) is 6.31. The van der Waals surface area contributed by atoms with E-state index in [4.69, 9.17) is 9.47 Å². The van der Waals surface area contributed by atoms with Crippen molar-refractivity contribution in [2.45, 2.75) is 18.9 Å². The maximum absolute atomic E-state index is 12.6. The molecule has 0 aliphatic carbocycles. The molecule has 0 amide bonds. The van der Waals surface area contributed by atoms with E-state index in [9.17, 15) is 9.18 Å². The van der Waals surface area contributed by atoms with Crippen LogP contribution in [0.2, 0.25) is 0 Å². The van der Waals surface area contributed by atoms with Crippen LogP contribution in [0.5, 0.6) is 0 Å². The standard InChI is InChI=1S/C14H15FO3/c15-12-6-3-11(4-7-12)5-8-14(16)18-10-13-2-1-9-17-13/h3-8,13H,1-2,9-10H2/b8-5+. The molecule has 1 aliphatic heterocycles. The smallest absolute Gasteiger partial charge is 0.330 e. The van der Waals surface area contributed by atoms with Gasteiger partial charge in [-0.15, -0.1) is 0 Å². The van der Waals surface area contributed by atoms with Crippen LogP contribution in [0.15, 0.2) is 30.3 Å². The first-order valence-electron chi connectivity index (χ1n) is 5.96. The number of esters is 1. The summed E-state index contributed by atoms with van der Waals surface area (Å²) in [7, 11) is 0. The van der Waals surface area contributed by atoms with Crippen molar-refractivity contribution in [3.05, 3.63) is 41.7 Å². The van der Waals surface area contributed by atoms with Crippen molar-refractivity contribution in [1.82, 2.24) is 0 Å². The lowest BCUT2D eigenvalue weighted by Crippen LogP contribution is -2.16. The Morgan fingerprint density at radius 2 is 2.22 bits per heavy atom. The van der Waals surface area contributed by atoms with E-state index in [0.29, 0.717) is 6.61 Å². The molecule has 1 aromatic carbocycles. The van der Waals surface area contributed by atoms with Crippen molar-refractivity contribution in [2.75, 3.05) is 13.2 Å². The third-order valence-electron chi connectivity index (χ3n) is 2.72. The third-order valence-corrected chi connectivity index (χ3v) is 2.72. The van der Waals surface area contributed by atoms with E-state index in [0.717, 1.165) is 25.0 Å². The second-order valence-corrected chi connectivity index (χ2v) is 4.15. The largest absolute Gasteiger partial charge is 0.460 e. The first-order chi connectivity index (χ1) is 8.74. The summed E-state index contributed by atoms with van der Waals surface area (Å²) in [6, 6.07) is 5.88. The van der Waals surface area contributed by atoms with Crippen LogP contribution in [0, 0.1) is 5.82 Å². The van der Waals surface area contributed by atoms with Gasteiger partial charge in [0.2, 0.25) is 0 Å². The minimum absolute atomic E-state index is 0.0353. The minimum atomic E-state index is -0.408. The lowest BCUT2D eigenvalue weighted by molar-refractivity contribution is -0.140. The highest BCUT2D eigenvalue weighted by Crippen LogP contribution is 2.12. The zero-order valence-corrected chi connectivity index (χ0v) is 9.97. The molecule has 96 valence electrons. The summed E-state index contributed by atoms with van der Waals surface area (Å²) >= 11 is 0. The van der Waals surface area contributed by atoms with Gasteiger partial charge in [0, 0.05) is 12.7 Å². The van der Waals surface area contributed by atoms with Crippen LogP contribution in [0.3, 0.4) is 0 Å². The molecule has 0 N–H and O–H groups in total. The molecule has 1 fully saturated rings. The van der Waals surface area contributed by atoms with Crippen LogP contribution in [-0.2, 0) is 14.3 Å².